The summed E-state index contributed by atoms with van der Waals surface area (Å²) in [6, 6.07) is 7.29. The third-order valence-electron chi connectivity index (χ3n) is 3.06. The van der Waals surface area contributed by atoms with E-state index in [0.29, 0.717) is 21.4 Å². The summed E-state index contributed by atoms with van der Waals surface area (Å²) in [5.74, 6) is 0.218. The lowest BCUT2D eigenvalue weighted by atomic mass is 10.1. The van der Waals surface area contributed by atoms with Gasteiger partial charge in [-0.25, -0.2) is 9.97 Å². The van der Waals surface area contributed by atoms with Gasteiger partial charge in [0.05, 0.1) is 15.8 Å². The third-order valence-corrected chi connectivity index (χ3v) is 4.37. The van der Waals surface area contributed by atoms with Crippen LogP contribution in [-0.2, 0) is 4.79 Å². The van der Waals surface area contributed by atoms with Crippen molar-refractivity contribution in [3.05, 3.63) is 46.2 Å². The molecule has 2 aromatic heterocycles. The van der Waals surface area contributed by atoms with Crippen LogP contribution in [0.5, 0.6) is 0 Å². The van der Waals surface area contributed by atoms with Gasteiger partial charge >= 0.3 is 0 Å². The van der Waals surface area contributed by atoms with Crippen molar-refractivity contribution in [2.75, 3.05) is 5.32 Å². The van der Waals surface area contributed by atoms with E-state index in [9.17, 15) is 10.1 Å². The molecular formula is C16H15ClN4OS. The summed E-state index contributed by atoms with van der Waals surface area (Å²) in [7, 11) is 0. The minimum atomic E-state index is -0.423. The van der Waals surface area contributed by atoms with Crippen LogP contribution in [0.2, 0.25) is 5.02 Å². The summed E-state index contributed by atoms with van der Waals surface area (Å²) in [5, 5.41) is 12.6. The number of carbonyl (C=O) groups is 1. The highest BCUT2D eigenvalue weighted by atomic mass is 35.5. The van der Waals surface area contributed by atoms with Crippen molar-refractivity contribution in [3.8, 4) is 6.07 Å². The Balaban J connectivity index is 2.12. The molecule has 2 heterocycles. The van der Waals surface area contributed by atoms with Gasteiger partial charge < -0.3 is 5.32 Å². The molecule has 0 unspecified atom stereocenters. The maximum absolute atomic E-state index is 12.3. The van der Waals surface area contributed by atoms with Crippen LogP contribution in [0.1, 0.15) is 23.7 Å². The molecule has 5 nitrogen and oxygen atoms in total. The average molecular weight is 347 g/mol. The number of carbonyl (C=O) groups excluding carboxylic acids is 1. The van der Waals surface area contributed by atoms with E-state index >= 15 is 0 Å². The van der Waals surface area contributed by atoms with Gasteiger partial charge in [0.15, 0.2) is 0 Å². The summed E-state index contributed by atoms with van der Waals surface area (Å²) in [6.07, 6.45) is 1.47. The van der Waals surface area contributed by atoms with Gasteiger partial charge in [0.2, 0.25) is 5.91 Å². The van der Waals surface area contributed by atoms with Crippen molar-refractivity contribution in [2.45, 2.75) is 31.0 Å². The van der Waals surface area contributed by atoms with Gasteiger partial charge in [-0.05, 0) is 44.5 Å². The number of halogens is 1. The second kappa shape index (κ2) is 7.44. The fourth-order valence-corrected chi connectivity index (χ4v) is 3.06. The van der Waals surface area contributed by atoms with Crippen LogP contribution in [-0.4, -0.2) is 21.1 Å². The molecule has 0 saturated carbocycles. The number of hydrogen-bond acceptors (Lipinski definition) is 5. The van der Waals surface area contributed by atoms with E-state index in [1.807, 2.05) is 19.9 Å². The zero-order chi connectivity index (χ0) is 17.0. The van der Waals surface area contributed by atoms with E-state index in [0.717, 1.165) is 11.3 Å². The highest BCUT2D eigenvalue weighted by molar-refractivity contribution is 8.00. The molecule has 0 bridgehead atoms. The zero-order valence-electron chi connectivity index (χ0n) is 12.9. The summed E-state index contributed by atoms with van der Waals surface area (Å²) in [5.41, 5.74) is 2.18. The molecule has 0 aliphatic heterocycles. The first-order valence-corrected chi connectivity index (χ1v) is 8.14. The number of thioether (sulfide) groups is 1. The topological polar surface area (TPSA) is 78.7 Å². The van der Waals surface area contributed by atoms with Crippen molar-refractivity contribution in [1.29, 1.82) is 5.26 Å². The van der Waals surface area contributed by atoms with Crippen LogP contribution in [0, 0.1) is 25.2 Å². The number of amides is 1. The summed E-state index contributed by atoms with van der Waals surface area (Å²) < 4.78 is 0. The van der Waals surface area contributed by atoms with Crippen LogP contribution in [0.25, 0.3) is 0 Å². The molecule has 0 spiro atoms. The number of aromatic nitrogens is 2. The van der Waals surface area contributed by atoms with Crippen LogP contribution < -0.4 is 5.32 Å². The highest BCUT2D eigenvalue weighted by Crippen LogP contribution is 2.27. The minimum Gasteiger partial charge on any atom is -0.310 e. The quantitative estimate of drug-likeness (QED) is 0.853. The number of aryl methyl sites for hydroxylation is 2. The van der Waals surface area contributed by atoms with E-state index in [-0.39, 0.29) is 5.91 Å². The largest absolute Gasteiger partial charge is 0.310 e. The molecule has 0 radical (unpaired) electrons. The van der Waals surface area contributed by atoms with E-state index < -0.39 is 5.25 Å². The Kier molecular flexibility index (Phi) is 5.59. The Morgan fingerprint density at radius 3 is 2.78 bits per heavy atom. The number of rotatable bonds is 4. The first-order valence-electron chi connectivity index (χ1n) is 6.88. The predicted octanol–water partition coefficient (Wildman–Crippen LogP) is 3.74. The van der Waals surface area contributed by atoms with Gasteiger partial charge in [0.1, 0.15) is 16.9 Å². The summed E-state index contributed by atoms with van der Waals surface area (Å²) in [6.45, 7) is 5.48. The molecule has 0 aliphatic rings. The molecule has 0 fully saturated rings. The number of pyridine rings is 2. The predicted molar refractivity (Wildman–Crippen MR) is 91.6 cm³/mol. The fraction of sp³-hybridized carbons (Fsp3) is 0.250. The van der Waals surface area contributed by atoms with Gasteiger partial charge in [-0.3, -0.25) is 4.79 Å². The van der Waals surface area contributed by atoms with Crippen molar-refractivity contribution in [1.82, 2.24) is 9.97 Å². The van der Waals surface area contributed by atoms with Crippen LogP contribution >= 0.6 is 23.4 Å². The number of nitrogens with one attached hydrogen (secondary N) is 1. The Bertz CT molecular complexity index is 771. The molecule has 1 amide bonds. The molecule has 1 atom stereocenters. The molecule has 1 N–H and O–H groups in total. The monoisotopic (exact) mass is 346 g/mol. The molecule has 2 aromatic rings. The van der Waals surface area contributed by atoms with Gasteiger partial charge in [-0.2, -0.15) is 5.26 Å². The Labute approximate surface area is 144 Å². The molecule has 0 aliphatic carbocycles. The molecule has 0 aromatic carbocycles. The molecule has 23 heavy (non-hydrogen) atoms. The van der Waals surface area contributed by atoms with Crippen molar-refractivity contribution in [3.63, 3.8) is 0 Å². The smallest absolute Gasteiger partial charge is 0.238 e. The van der Waals surface area contributed by atoms with Crippen LogP contribution in [0.3, 0.4) is 0 Å². The lowest BCUT2D eigenvalue weighted by Gasteiger charge is -2.13. The van der Waals surface area contributed by atoms with Gasteiger partial charge in [-0.15, -0.1) is 0 Å². The number of nitriles is 1. The maximum atomic E-state index is 12.3. The lowest BCUT2D eigenvalue weighted by molar-refractivity contribution is -0.115. The third kappa shape index (κ3) is 4.44. The van der Waals surface area contributed by atoms with E-state index in [4.69, 9.17) is 11.6 Å². The Hall–Kier alpha value is -2.10. The Morgan fingerprint density at radius 1 is 1.43 bits per heavy atom. The maximum Gasteiger partial charge on any atom is 0.238 e. The van der Waals surface area contributed by atoms with Crippen LogP contribution in [0.4, 0.5) is 5.82 Å². The standard InChI is InChI=1S/C16H15ClN4OS/c1-9-6-10(2)20-16(13(9)7-18)23-11(3)15(22)21-14-5-4-12(17)8-19-14/h4-6,8,11H,1-3H3,(H,19,21,22)/t11-/m1/s1. The molecule has 7 heteroatoms. The summed E-state index contributed by atoms with van der Waals surface area (Å²) in [4.78, 5) is 20.7. The normalized spacial score (nSPS) is 11.6. The SMILES string of the molecule is Cc1cc(C)c(C#N)c(S[C@H](C)C(=O)Nc2ccc(Cl)cn2)n1. The fourth-order valence-electron chi connectivity index (χ4n) is 1.92. The molecule has 2 rings (SSSR count). The second-order valence-corrected chi connectivity index (χ2v) is 6.75. The van der Waals surface area contributed by atoms with Gasteiger partial charge in [0, 0.05) is 11.9 Å². The number of hydrogen-bond donors (Lipinski definition) is 1. The Morgan fingerprint density at radius 2 is 2.17 bits per heavy atom. The highest BCUT2D eigenvalue weighted by Gasteiger charge is 2.19. The summed E-state index contributed by atoms with van der Waals surface area (Å²) >= 11 is 7.02. The van der Waals surface area contributed by atoms with Crippen molar-refractivity contribution >= 4 is 35.1 Å². The molecule has 0 saturated heterocycles. The van der Waals surface area contributed by atoms with E-state index in [2.05, 4.69) is 21.4 Å². The second-order valence-electron chi connectivity index (χ2n) is 4.98. The van der Waals surface area contributed by atoms with E-state index in [1.54, 1.807) is 19.1 Å². The number of nitrogens with zero attached hydrogens (tertiary/aromatic N) is 3. The zero-order valence-corrected chi connectivity index (χ0v) is 14.5. The average Bonchev–Trinajstić information content (AvgIpc) is 2.49. The first kappa shape index (κ1) is 17.3. The molecular weight excluding hydrogens is 332 g/mol. The van der Waals surface area contributed by atoms with Gasteiger partial charge in [-0.1, -0.05) is 23.4 Å². The van der Waals surface area contributed by atoms with Crippen molar-refractivity contribution < 1.29 is 4.79 Å². The first-order chi connectivity index (χ1) is 10.9. The number of anilines is 1. The van der Waals surface area contributed by atoms with Gasteiger partial charge in [0.25, 0.3) is 0 Å². The van der Waals surface area contributed by atoms with Crippen LogP contribution in [0.15, 0.2) is 29.4 Å². The minimum absolute atomic E-state index is 0.213. The van der Waals surface area contributed by atoms with E-state index in [1.165, 1.54) is 18.0 Å². The van der Waals surface area contributed by atoms with Crippen molar-refractivity contribution in [2.24, 2.45) is 0 Å². The molecule has 118 valence electrons. The lowest BCUT2D eigenvalue weighted by Crippen LogP contribution is -2.23.